The first-order valence-electron chi connectivity index (χ1n) is 7.34. The van der Waals surface area contributed by atoms with Crippen LogP contribution in [0.1, 0.15) is 17.3 Å². The van der Waals surface area contributed by atoms with Crippen molar-refractivity contribution in [1.82, 2.24) is 14.1 Å². The second-order valence-electron chi connectivity index (χ2n) is 4.92. The van der Waals surface area contributed by atoms with Gasteiger partial charge in [-0.15, -0.1) is 0 Å². The zero-order valence-electron chi connectivity index (χ0n) is 13.1. The van der Waals surface area contributed by atoms with Crippen LogP contribution in [0.25, 0.3) is 11.0 Å². The molecule has 1 heterocycles. The Balaban J connectivity index is 1.70. The number of amides is 1. The van der Waals surface area contributed by atoms with Gasteiger partial charge in [0.1, 0.15) is 16.8 Å². The van der Waals surface area contributed by atoms with Crippen molar-refractivity contribution in [2.75, 3.05) is 11.9 Å². The number of carbonyl (C=O) groups is 1. The van der Waals surface area contributed by atoms with Crippen molar-refractivity contribution in [3.05, 3.63) is 47.0 Å². The number of hydrogen-bond acceptors (Lipinski definition) is 6. The molecule has 25 heavy (non-hydrogen) atoms. The van der Waals surface area contributed by atoms with Crippen LogP contribution in [0.5, 0.6) is 5.75 Å². The van der Waals surface area contributed by atoms with Crippen molar-refractivity contribution in [1.29, 1.82) is 0 Å². The Morgan fingerprint density at radius 3 is 2.72 bits per heavy atom. The Labute approximate surface area is 158 Å². The number of hydrogen-bond donors (Lipinski definition) is 2. The van der Waals surface area contributed by atoms with E-state index < -0.39 is 0 Å². The molecule has 1 amide bonds. The highest BCUT2D eigenvalue weighted by Gasteiger charge is 2.13. The fourth-order valence-corrected chi connectivity index (χ4v) is 3.07. The van der Waals surface area contributed by atoms with Gasteiger partial charge in [0.25, 0.3) is 5.91 Å². The molecule has 0 fully saturated rings. The average Bonchev–Trinajstić information content (AvgIpc) is 3.07. The van der Waals surface area contributed by atoms with Gasteiger partial charge in [0.15, 0.2) is 5.11 Å². The minimum atomic E-state index is -0.333. The lowest BCUT2D eigenvalue weighted by Crippen LogP contribution is -2.34. The largest absolute Gasteiger partial charge is 0.494 e. The average molecular weight is 393 g/mol. The third-order valence-corrected chi connectivity index (χ3v) is 4.33. The van der Waals surface area contributed by atoms with Gasteiger partial charge in [-0.25, -0.2) is 0 Å². The van der Waals surface area contributed by atoms with E-state index >= 15 is 0 Å². The molecule has 0 radical (unpaired) electrons. The standard InChI is InChI=1S/C16H13ClN4O2S2/c1-2-23-10-5-3-9(4-6-10)15(22)19-16(24)18-13-11(17)7-8-12-14(13)21-25-20-12/h3-8H,2H2,1H3,(H2,18,19,22,24). The second-order valence-corrected chi connectivity index (χ2v) is 6.26. The van der Waals surface area contributed by atoms with Gasteiger partial charge in [0, 0.05) is 5.56 Å². The van der Waals surface area contributed by atoms with E-state index in [-0.39, 0.29) is 11.0 Å². The van der Waals surface area contributed by atoms with Gasteiger partial charge in [0.2, 0.25) is 0 Å². The highest BCUT2D eigenvalue weighted by Crippen LogP contribution is 2.29. The van der Waals surface area contributed by atoms with E-state index in [1.165, 1.54) is 0 Å². The molecule has 2 aromatic carbocycles. The predicted octanol–water partition coefficient (Wildman–Crippen LogP) is 3.87. The van der Waals surface area contributed by atoms with Gasteiger partial charge in [-0.1, -0.05) is 11.6 Å². The van der Waals surface area contributed by atoms with E-state index in [1.54, 1.807) is 36.4 Å². The molecule has 0 aliphatic carbocycles. The van der Waals surface area contributed by atoms with E-state index in [1.807, 2.05) is 6.92 Å². The highest BCUT2D eigenvalue weighted by atomic mass is 35.5. The molecule has 0 bridgehead atoms. The van der Waals surface area contributed by atoms with Crippen molar-refractivity contribution in [2.45, 2.75) is 6.92 Å². The summed E-state index contributed by atoms with van der Waals surface area (Å²) in [4.78, 5) is 12.3. The zero-order valence-corrected chi connectivity index (χ0v) is 15.5. The Hall–Kier alpha value is -2.29. The summed E-state index contributed by atoms with van der Waals surface area (Å²) >= 11 is 12.5. The summed E-state index contributed by atoms with van der Waals surface area (Å²) < 4.78 is 13.7. The molecule has 0 saturated heterocycles. The van der Waals surface area contributed by atoms with Gasteiger partial charge < -0.3 is 10.1 Å². The van der Waals surface area contributed by atoms with E-state index in [9.17, 15) is 4.79 Å². The van der Waals surface area contributed by atoms with Gasteiger partial charge >= 0.3 is 0 Å². The summed E-state index contributed by atoms with van der Waals surface area (Å²) in [5.41, 5.74) is 2.30. The summed E-state index contributed by atoms with van der Waals surface area (Å²) in [6.07, 6.45) is 0. The molecule has 3 rings (SSSR count). The van der Waals surface area contributed by atoms with Crippen LogP contribution < -0.4 is 15.4 Å². The van der Waals surface area contributed by atoms with Crippen molar-refractivity contribution < 1.29 is 9.53 Å². The molecule has 0 aliphatic rings. The number of carbonyl (C=O) groups excluding carboxylic acids is 1. The lowest BCUT2D eigenvalue weighted by atomic mass is 10.2. The lowest BCUT2D eigenvalue weighted by molar-refractivity contribution is 0.0977. The Kier molecular flexibility index (Phi) is 5.42. The first kappa shape index (κ1) is 17.5. The number of benzene rings is 2. The maximum absolute atomic E-state index is 12.3. The quantitative estimate of drug-likeness (QED) is 0.656. The third kappa shape index (κ3) is 4.04. The van der Waals surface area contributed by atoms with Crippen molar-refractivity contribution in [2.24, 2.45) is 0 Å². The van der Waals surface area contributed by atoms with E-state index in [2.05, 4.69) is 19.4 Å². The fourth-order valence-electron chi connectivity index (χ4n) is 2.14. The number of rotatable bonds is 4. The Bertz CT molecular complexity index is 928. The van der Waals surface area contributed by atoms with Gasteiger partial charge in [-0.2, -0.15) is 8.75 Å². The minimum absolute atomic E-state index is 0.126. The topological polar surface area (TPSA) is 76.1 Å². The van der Waals surface area contributed by atoms with Gasteiger partial charge in [-0.3, -0.25) is 10.1 Å². The molecule has 0 atom stereocenters. The maximum atomic E-state index is 12.3. The van der Waals surface area contributed by atoms with Crippen LogP contribution in [0, 0.1) is 0 Å². The van der Waals surface area contributed by atoms with Crippen molar-refractivity contribution in [3.8, 4) is 5.75 Å². The molecule has 3 aromatic rings. The number of nitrogens with zero attached hydrogens (tertiary/aromatic N) is 2. The summed E-state index contributed by atoms with van der Waals surface area (Å²) in [6, 6.07) is 10.3. The molecule has 0 unspecified atom stereocenters. The molecule has 6 nitrogen and oxygen atoms in total. The molecule has 128 valence electrons. The number of ether oxygens (including phenoxy) is 1. The molecular weight excluding hydrogens is 380 g/mol. The second kappa shape index (κ2) is 7.73. The van der Waals surface area contributed by atoms with E-state index in [4.69, 9.17) is 28.6 Å². The van der Waals surface area contributed by atoms with Gasteiger partial charge in [-0.05, 0) is 55.5 Å². The van der Waals surface area contributed by atoms with Crippen LogP contribution in [-0.2, 0) is 0 Å². The number of anilines is 1. The number of thiocarbonyl (C=S) groups is 1. The van der Waals surface area contributed by atoms with Crippen molar-refractivity contribution >= 4 is 63.3 Å². The monoisotopic (exact) mass is 392 g/mol. The van der Waals surface area contributed by atoms with Crippen molar-refractivity contribution in [3.63, 3.8) is 0 Å². The van der Waals surface area contributed by atoms with Crippen LogP contribution in [0.15, 0.2) is 36.4 Å². The molecule has 0 spiro atoms. The normalized spacial score (nSPS) is 10.5. The SMILES string of the molecule is CCOc1ccc(C(=O)NC(=S)Nc2c(Cl)ccc3nsnc23)cc1. The van der Waals surface area contributed by atoms with E-state index in [0.717, 1.165) is 11.7 Å². The molecule has 9 heteroatoms. The van der Waals surface area contributed by atoms with Crippen LogP contribution in [0.3, 0.4) is 0 Å². The number of nitrogens with one attached hydrogen (secondary N) is 2. The summed E-state index contributed by atoms with van der Waals surface area (Å²) in [5.74, 6) is 0.370. The number of fused-ring (bicyclic) bond motifs is 1. The zero-order chi connectivity index (χ0) is 17.8. The van der Waals surface area contributed by atoms with Crippen LogP contribution >= 0.6 is 35.5 Å². The fraction of sp³-hybridized carbons (Fsp3) is 0.125. The molecule has 1 aromatic heterocycles. The maximum Gasteiger partial charge on any atom is 0.257 e. The van der Waals surface area contributed by atoms with Crippen LogP contribution in [0.4, 0.5) is 5.69 Å². The Morgan fingerprint density at radius 1 is 1.24 bits per heavy atom. The van der Waals surface area contributed by atoms with E-state index in [0.29, 0.717) is 39.7 Å². The minimum Gasteiger partial charge on any atom is -0.494 e. The summed E-state index contributed by atoms with van der Waals surface area (Å²) in [5, 5.41) is 6.10. The Morgan fingerprint density at radius 2 is 2.00 bits per heavy atom. The molecule has 2 N–H and O–H groups in total. The smallest absolute Gasteiger partial charge is 0.257 e. The third-order valence-electron chi connectivity index (χ3n) is 3.27. The lowest BCUT2D eigenvalue weighted by Gasteiger charge is -2.11. The summed E-state index contributed by atoms with van der Waals surface area (Å²) in [7, 11) is 0. The van der Waals surface area contributed by atoms with Crippen LogP contribution in [0.2, 0.25) is 5.02 Å². The summed E-state index contributed by atoms with van der Waals surface area (Å²) in [6.45, 7) is 2.46. The first-order chi connectivity index (χ1) is 12.1. The van der Waals surface area contributed by atoms with Gasteiger partial charge in [0.05, 0.1) is 29.0 Å². The highest BCUT2D eigenvalue weighted by molar-refractivity contribution is 7.80. The number of aromatic nitrogens is 2. The molecule has 0 aliphatic heterocycles. The molecular formula is C16H13ClN4O2S2. The van der Waals surface area contributed by atoms with Crippen LogP contribution in [-0.4, -0.2) is 26.4 Å². The predicted molar refractivity (Wildman–Crippen MR) is 104 cm³/mol. The molecule has 0 saturated carbocycles. The number of halogens is 1. The first-order valence-corrected chi connectivity index (χ1v) is 8.86.